The van der Waals surface area contributed by atoms with Crippen molar-refractivity contribution >= 4 is 17.5 Å². The minimum Gasteiger partial charge on any atom is -0.454 e. The van der Waals surface area contributed by atoms with Crippen molar-refractivity contribution in [1.82, 2.24) is 5.32 Å². The molecule has 0 fully saturated rings. The van der Waals surface area contributed by atoms with Crippen LogP contribution in [0.2, 0.25) is 5.02 Å². The van der Waals surface area contributed by atoms with Crippen molar-refractivity contribution in [2.45, 2.75) is 6.42 Å². The van der Waals surface area contributed by atoms with Gasteiger partial charge in [-0.05, 0) is 42.3 Å². The van der Waals surface area contributed by atoms with Crippen LogP contribution in [-0.4, -0.2) is 19.2 Å². The van der Waals surface area contributed by atoms with E-state index in [0.717, 1.165) is 17.4 Å². The number of carbonyl (C=O) groups is 1. The summed E-state index contributed by atoms with van der Waals surface area (Å²) in [5, 5.41) is 2.94. The number of ether oxygens (including phenoxy) is 2. The van der Waals surface area contributed by atoms with Crippen LogP contribution >= 0.6 is 11.6 Å². The molecule has 0 saturated carbocycles. The monoisotopic (exact) mass is 321 g/mol. The second-order valence-corrected chi connectivity index (χ2v) is 5.25. The van der Waals surface area contributed by atoms with Crippen LogP contribution in [0.25, 0.3) is 0 Å². The summed E-state index contributed by atoms with van der Waals surface area (Å²) in [6.45, 7) is 0.617. The molecule has 114 valence electrons. The summed E-state index contributed by atoms with van der Waals surface area (Å²) in [6, 6.07) is 9.58. The third kappa shape index (κ3) is 3.14. The molecule has 0 aromatic heterocycles. The molecule has 2 aromatic rings. The third-order valence-electron chi connectivity index (χ3n) is 3.31. The Balaban J connectivity index is 1.57. The lowest BCUT2D eigenvalue weighted by molar-refractivity contribution is 0.0950. The number of nitrogens with one attached hydrogen (secondary N) is 1. The molecule has 6 heteroatoms. The molecule has 1 aliphatic rings. The molecular formula is C16H13ClFNO3. The number of fused-ring (bicyclic) bond motifs is 1. The number of rotatable bonds is 4. The highest BCUT2D eigenvalue weighted by molar-refractivity contribution is 6.30. The fourth-order valence-corrected chi connectivity index (χ4v) is 2.34. The molecule has 0 bridgehead atoms. The first-order valence-corrected chi connectivity index (χ1v) is 7.13. The maximum atomic E-state index is 13.6. The van der Waals surface area contributed by atoms with Crippen LogP contribution in [0.1, 0.15) is 15.9 Å². The first kappa shape index (κ1) is 14.7. The van der Waals surface area contributed by atoms with Crippen LogP contribution in [0.3, 0.4) is 0 Å². The highest BCUT2D eigenvalue weighted by Gasteiger charge is 2.14. The number of carbonyl (C=O) groups excluding carboxylic acids is 1. The quantitative estimate of drug-likeness (QED) is 0.941. The largest absolute Gasteiger partial charge is 0.454 e. The summed E-state index contributed by atoms with van der Waals surface area (Å²) in [6.07, 6.45) is 0.609. The fourth-order valence-electron chi connectivity index (χ4n) is 2.19. The molecule has 2 aromatic carbocycles. The molecule has 0 unspecified atom stereocenters. The Bertz CT molecular complexity index is 721. The van der Waals surface area contributed by atoms with Gasteiger partial charge in [0.1, 0.15) is 5.82 Å². The third-order valence-corrected chi connectivity index (χ3v) is 3.55. The van der Waals surface area contributed by atoms with Crippen LogP contribution < -0.4 is 14.8 Å². The van der Waals surface area contributed by atoms with E-state index in [1.54, 1.807) is 0 Å². The molecule has 1 amide bonds. The average molecular weight is 322 g/mol. The zero-order chi connectivity index (χ0) is 15.5. The Labute approximate surface area is 131 Å². The zero-order valence-electron chi connectivity index (χ0n) is 11.6. The standard InChI is InChI=1S/C16H13ClFNO3/c17-11-2-3-12(13(18)8-11)16(20)19-6-5-10-1-4-14-15(7-10)22-9-21-14/h1-4,7-8H,5-6,9H2,(H,19,20). The minimum absolute atomic E-state index is 0.0184. The Morgan fingerprint density at radius 3 is 2.82 bits per heavy atom. The maximum absolute atomic E-state index is 13.6. The van der Waals surface area contributed by atoms with Crippen LogP contribution in [0.15, 0.2) is 36.4 Å². The highest BCUT2D eigenvalue weighted by atomic mass is 35.5. The summed E-state index contributed by atoms with van der Waals surface area (Å²) in [5.41, 5.74) is 0.983. The Morgan fingerprint density at radius 1 is 1.18 bits per heavy atom. The molecule has 0 atom stereocenters. The van der Waals surface area contributed by atoms with Gasteiger partial charge < -0.3 is 14.8 Å². The lowest BCUT2D eigenvalue weighted by Gasteiger charge is -2.07. The van der Waals surface area contributed by atoms with Gasteiger partial charge in [-0.1, -0.05) is 17.7 Å². The number of halogens is 2. The summed E-state index contributed by atoms with van der Waals surface area (Å²) >= 11 is 5.66. The lowest BCUT2D eigenvalue weighted by atomic mass is 10.1. The second-order valence-electron chi connectivity index (χ2n) is 4.82. The number of hydrogen-bond donors (Lipinski definition) is 1. The number of benzene rings is 2. The van der Waals surface area contributed by atoms with Gasteiger partial charge in [-0.3, -0.25) is 4.79 Å². The van der Waals surface area contributed by atoms with Gasteiger partial charge in [0, 0.05) is 11.6 Å². The second kappa shape index (κ2) is 6.23. The van der Waals surface area contributed by atoms with E-state index in [-0.39, 0.29) is 17.4 Å². The number of amides is 1. The summed E-state index contributed by atoms with van der Waals surface area (Å²) in [7, 11) is 0. The van der Waals surface area contributed by atoms with E-state index in [2.05, 4.69) is 5.32 Å². The zero-order valence-corrected chi connectivity index (χ0v) is 12.3. The molecule has 1 heterocycles. The summed E-state index contributed by atoms with van der Waals surface area (Å²) in [4.78, 5) is 11.9. The van der Waals surface area contributed by atoms with E-state index < -0.39 is 11.7 Å². The topological polar surface area (TPSA) is 47.6 Å². The first-order chi connectivity index (χ1) is 10.6. The van der Waals surface area contributed by atoms with Crippen LogP contribution in [0.4, 0.5) is 4.39 Å². The normalized spacial score (nSPS) is 12.3. The Kier molecular flexibility index (Phi) is 4.15. The summed E-state index contributed by atoms with van der Waals surface area (Å²) < 4.78 is 24.1. The molecular weight excluding hydrogens is 309 g/mol. The lowest BCUT2D eigenvalue weighted by Crippen LogP contribution is -2.26. The van der Waals surface area contributed by atoms with E-state index in [4.69, 9.17) is 21.1 Å². The van der Waals surface area contributed by atoms with Crippen molar-refractivity contribution in [2.75, 3.05) is 13.3 Å². The summed E-state index contributed by atoms with van der Waals surface area (Å²) in [5.74, 6) is 0.326. The van der Waals surface area contributed by atoms with E-state index in [1.807, 2.05) is 18.2 Å². The smallest absolute Gasteiger partial charge is 0.254 e. The van der Waals surface area contributed by atoms with Gasteiger partial charge in [0.25, 0.3) is 5.91 Å². The first-order valence-electron chi connectivity index (χ1n) is 6.75. The van der Waals surface area contributed by atoms with Gasteiger partial charge in [0.05, 0.1) is 5.56 Å². The molecule has 1 aliphatic heterocycles. The fraction of sp³-hybridized carbons (Fsp3) is 0.188. The molecule has 1 N–H and O–H groups in total. The van der Waals surface area contributed by atoms with Crippen molar-refractivity contribution in [3.05, 3.63) is 58.4 Å². The van der Waals surface area contributed by atoms with Gasteiger partial charge in [-0.15, -0.1) is 0 Å². The molecule has 22 heavy (non-hydrogen) atoms. The van der Waals surface area contributed by atoms with Crippen LogP contribution in [0.5, 0.6) is 11.5 Å². The van der Waals surface area contributed by atoms with E-state index in [9.17, 15) is 9.18 Å². The SMILES string of the molecule is O=C(NCCc1ccc2c(c1)OCO2)c1ccc(Cl)cc1F. The Morgan fingerprint density at radius 2 is 2.00 bits per heavy atom. The van der Waals surface area contributed by atoms with Crippen molar-refractivity contribution in [3.8, 4) is 11.5 Å². The molecule has 0 aliphatic carbocycles. The number of hydrogen-bond acceptors (Lipinski definition) is 3. The van der Waals surface area contributed by atoms with Crippen molar-refractivity contribution in [1.29, 1.82) is 0 Å². The van der Waals surface area contributed by atoms with Gasteiger partial charge in [-0.25, -0.2) is 4.39 Å². The van der Waals surface area contributed by atoms with Gasteiger partial charge >= 0.3 is 0 Å². The predicted molar refractivity (Wildman–Crippen MR) is 80.0 cm³/mol. The van der Waals surface area contributed by atoms with E-state index in [0.29, 0.717) is 18.7 Å². The maximum Gasteiger partial charge on any atom is 0.254 e. The van der Waals surface area contributed by atoms with Gasteiger partial charge in [0.15, 0.2) is 11.5 Å². The Hall–Kier alpha value is -2.27. The van der Waals surface area contributed by atoms with Crippen LogP contribution in [-0.2, 0) is 6.42 Å². The minimum atomic E-state index is -0.631. The predicted octanol–water partition coefficient (Wildman–Crippen LogP) is 3.18. The van der Waals surface area contributed by atoms with Crippen molar-refractivity contribution in [2.24, 2.45) is 0 Å². The highest BCUT2D eigenvalue weighted by Crippen LogP contribution is 2.32. The van der Waals surface area contributed by atoms with Crippen LogP contribution in [0, 0.1) is 5.82 Å². The van der Waals surface area contributed by atoms with Crippen molar-refractivity contribution in [3.63, 3.8) is 0 Å². The molecule has 0 saturated heterocycles. The van der Waals surface area contributed by atoms with E-state index in [1.165, 1.54) is 12.1 Å². The average Bonchev–Trinajstić information content (AvgIpc) is 2.94. The van der Waals surface area contributed by atoms with E-state index >= 15 is 0 Å². The molecule has 3 rings (SSSR count). The molecule has 4 nitrogen and oxygen atoms in total. The van der Waals surface area contributed by atoms with Crippen molar-refractivity contribution < 1.29 is 18.7 Å². The molecule has 0 spiro atoms. The molecule has 0 radical (unpaired) electrons. The van der Waals surface area contributed by atoms with Gasteiger partial charge in [-0.2, -0.15) is 0 Å². The van der Waals surface area contributed by atoms with Gasteiger partial charge in [0.2, 0.25) is 6.79 Å².